The standard InChI is InChI=1S/C13H16.C12H15N.C12H16.C12H12.C11H15N.C11H11N/c1-8-3-6-12-10-4-5-11(7-10)13(12)9(8)2;1-7-8(2)13-6-11-9-3-4-10(5-9)12(7)11;2*1-9-7-8-11-5-3-4-6-12(11)10(9)2;2*1-8-9(2)12-7-10-5-3-4-6-11(8)10/h3,6,10-11H,4-5,7H2,1-2H3;6,9-10H,3-5H2,1-2H3;7-8H,3-6H2,1-2H3;3-8H,1-2H3;7H,3-6H2,1-2H3;3-7H,1-2H3. The lowest BCUT2D eigenvalue weighted by Crippen LogP contribution is -2.07. The first-order valence-electron chi connectivity index (χ1n) is 28.5. The van der Waals surface area contributed by atoms with Crippen molar-refractivity contribution in [2.75, 3.05) is 0 Å². The predicted molar refractivity (Wildman–Crippen MR) is 316 cm³/mol. The molecule has 6 aliphatic carbocycles. The predicted octanol–water partition coefficient (Wildman–Crippen LogP) is 18.8. The summed E-state index contributed by atoms with van der Waals surface area (Å²) in [5.74, 6) is 3.56. The Kier molecular flexibility index (Phi) is 16.7. The van der Waals surface area contributed by atoms with Gasteiger partial charge in [0, 0.05) is 41.1 Å². The zero-order valence-corrected chi connectivity index (χ0v) is 47.4. The maximum atomic E-state index is 4.47. The van der Waals surface area contributed by atoms with Crippen LogP contribution in [0.3, 0.4) is 0 Å². The highest BCUT2D eigenvalue weighted by Crippen LogP contribution is 2.55. The maximum absolute atomic E-state index is 4.47. The molecule has 0 N–H and O–H groups in total. The third-order valence-electron chi connectivity index (χ3n) is 18.8. The van der Waals surface area contributed by atoms with Crippen LogP contribution in [0, 0.1) is 83.1 Å². The van der Waals surface area contributed by atoms with Crippen molar-refractivity contribution in [1.82, 2.24) is 15.0 Å². The summed E-state index contributed by atoms with van der Waals surface area (Å²) in [5.41, 5.74) is 29.5. The largest absolute Gasteiger partial charge is 0.261 e. The van der Waals surface area contributed by atoms with Gasteiger partial charge in [-0.3, -0.25) is 15.0 Å². The summed E-state index contributed by atoms with van der Waals surface area (Å²) in [4.78, 5) is 13.2. The number of aryl methyl sites for hydroxylation is 10. The minimum absolute atomic E-state index is 0.854. The Labute approximate surface area is 446 Å². The van der Waals surface area contributed by atoms with E-state index in [1.807, 2.05) is 19.2 Å². The fraction of sp³-hybridized carbons (Fsp3) is 0.423. The molecular weight excluding hydrogens is 895 g/mol. The third kappa shape index (κ3) is 11.2. The van der Waals surface area contributed by atoms with E-state index in [2.05, 4.69) is 182 Å². The second kappa shape index (κ2) is 23.3. The molecule has 0 amide bonds. The normalized spacial score (nSPS) is 18.9. The van der Waals surface area contributed by atoms with Gasteiger partial charge in [0.05, 0.1) is 0 Å². The van der Waals surface area contributed by atoms with Crippen molar-refractivity contribution in [2.24, 2.45) is 0 Å². The number of rotatable bonds is 0. The molecule has 4 bridgehead atoms. The topological polar surface area (TPSA) is 38.7 Å². The molecule has 2 saturated carbocycles. The smallest absolute Gasteiger partial charge is 0.0408 e. The van der Waals surface area contributed by atoms with E-state index in [0.29, 0.717) is 0 Å². The number of aromatic nitrogens is 3. The molecular formula is C71H85N3. The number of pyridine rings is 3. The van der Waals surface area contributed by atoms with Gasteiger partial charge in [0.15, 0.2) is 0 Å². The van der Waals surface area contributed by atoms with Gasteiger partial charge in [-0.05, 0) is 307 Å². The van der Waals surface area contributed by atoms with Gasteiger partial charge in [-0.2, -0.15) is 0 Å². The molecule has 3 heteroatoms. The minimum Gasteiger partial charge on any atom is -0.261 e. The van der Waals surface area contributed by atoms with Crippen LogP contribution in [-0.4, -0.2) is 15.0 Å². The van der Waals surface area contributed by atoms with Gasteiger partial charge in [-0.1, -0.05) is 84.9 Å². The maximum Gasteiger partial charge on any atom is 0.0408 e. The average Bonchev–Trinajstić information content (AvgIpc) is 4.26. The number of nitrogens with zero attached hydrogens (tertiary/aromatic N) is 3. The zero-order chi connectivity index (χ0) is 52.2. The van der Waals surface area contributed by atoms with E-state index in [0.717, 1.165) is 29.4 Å². The number of hydrogen-bond donors (Lipinski definition) is 0. The van der Waals surface area contributed by atoms with Crippen LogP contribution in [0.5, 0.6) is 0 Å². The Morgan fingerprint density at radius 2 is 0.811 bits per heavy atom. The quantitative estimate of drug-likeness (QED) is 0.152. The van der Waals surface area contributed by atoms with Gasteiger partial charge >= 0.3 is 0 Å². The van der Waals surface area contributed by atoms with Gasteiger partial charge in [0.1, 0.15) is 0 Å². The van der Waals surface area contributed by atoms with Crippen LogP contribution in [0.1, 0.15) is 200 Å². The fourth-order valence-corrected chi connectivity index (χ4v) is 13.5. The molecule has 74 heavy (non-hydrogen) atoms. The summed E-state index contributed by atoms with van der Waals surface area (Å²) < 4.78 is 0. The van der Waals surface area contributed by atoms with Crippen LogP contribution in [0.25, 0.3) is 21.5 Å². The molecule has 3 nitrogen and oxygen atoms in total. The van der Waals surface area contributed by atoms with E-state index < -0.39 is 0 Å². The number of hydrogen-bond acceptors (Lipinski definition) is 3. The van der Waals surface area contributed by atoms with Gasteiger partial charge in [0.2, 0.25) is 0 Å². The summed E-state index contributed by atoms with van der Waals surface area (Å²) >= 11 is 0. The molecule has 6 aliphatic rings. The van der Waals surface area contributed by atoms with Crippen molar-refractivity contribution in [1.29, 1.82) is 0 Å². The minimum atomic E-state index is 0.854. The Morgan fingerprint density at radius 3 is 1.51 bits per heavy atom. The second-order valence-corrected chi connectivity index (χ2v) is 23.1. The van der Waals surface area contributed by atoms with Crippen molar-refractivity contribution in [3.8, 4) is 0 Å². The highest BCUT2D eigenvalue weighted by atomic mass is 14.7. The monoisotopic (exact) mass is 980 g/mol. The van der Waals surface area contributed by atoms with E-state index in [1.165, 1.54) is 173 Å². The van der Waals surface area contributed by atoms with E-state index in [9.17, 15) is 0 Å². The Balaban J connectivity index is 0.000000109. The first kappa shape index (κ1) is 52.9. The van der Waals surface area contributed by atoms with Gasteiger partial charge in [0.25, 0.3) is 0 Å². The SMILES string of the molecule is Cc1ccc2c(c1C)C1CCC2C1.Cc1ccc2c(c1C)CCCC2.Cc1ccc2ccccc2c1C.Cc1ncc2c(c1C)C1CCC2C1.Cc1ncc2c(c1C)CCCC2.Cc1ncc2ccccc2c1C. The first-order valence-corrected chi connectivity index (χ1v) is 28.5. The summed E-state index contributed by atoms with van der Waals surface area (Å²) in [6.07, 6.45) is 25.3. The van der Waals surface area contributed by atoms with Crippen molar-refractivity contribution < 1.29 is 0 Å². The highest BCUT2D eigenvalue weighted by Gasteiger charge is 2.39. The van der Waals surface area contributed by atoms with Crippen LogP contribution in [0.4, 0.5) is 0 Å². The lowest BCUT2D eigenvalue weighted by atomic mass is 9.87. The molecule has 0 saturated heterocycles. The molecule has 0 aliphatic heterocycles. The first-order chi connectivity index (χ1) is 35.7. The number of fused-ring (bicyclic) bond motifs is 14. The molecule has 0 radical (unpaired) electrons. The van der Waals surface area contributed by atoms with E-state index in [-0.39, 0.29) is 0 Å². The molecule has 3 aromatic heterocycles. The molecule has 3 heterocycles. The Morgan fingerprint density at radius 1 is 0.338 bits per heavy atom. The average molecular weight is 980 g/mol. The van der Waals surface area contributed by atoms with E-state index in [4.69, 9.17) is 0 Å². The van der Waals surface area contributed by atoms with Gasteiger partial charge in [-0.25, -0.2) is 0 Å². The zero-order valence-electron chi connectivity index (χ0n) is 47.4. The lowest BCUT2D eigenvalue weighted by molar-refractivity contribution is 0.676. The van der Waals surface area contributed by atoms with Crippen LogP contribution >= 0.6 is 0 Å². The highest BCUT2D eigenvalue weighted by molar-refractivity contribution is 5.86. The Hall–Kier alpha value is -5.93. The van der Waals surface area contributed by atoms with Crippen LogP contribution < -0.4 is 0 Å². The molecule has 8 aromatic rings. The molecule has 4 atom stereocenters. The van der Waals surface area contributed by atoms with Crippen molar-refractivity contribution in [3.63, 3.8) is 0 Å². The molecule has 2 fully saturated rings. The van der Waals surface area contributed by atoms with Gasteiger partial charge < -0.3 is 0 Å². The molecule has 5 aromatic carbocycles. The summed E-state index contributed by atoms with van der Waals surface area (Å²) in [6, 6.07) is 30.5. The fourth-order valence-electron chi connectivity index (χ4n) is 13.5. The summed E-state index contributed by atoms with van der Waals surface area (Å²) in [5, 5.41) is 5.24. The summed E-state index contributed by atoms with van der Waals surface area (Å²) in [7, 11) is 0. The van der Waals surface area contributed by atoms with E-state index >= 15 is 0 Å². The van der Waals surface area contributed by atoms with Gasteiger partial charge in [-0.15, -0.1) is 0 Å². The van der Waals surface area contributed by atoms with Crippen molar-refractivity contribution in [3.05, 3.63) is 215 Å². The number of benzene rings is 5. The molecule has 0 spiro atoms. The second-order valence-electron chi connectivity index (χ2n) is 23.1. The summed E-state index contributed by atoms with van der Waals surface area (Å²) in [6.45, 7) is 26.2. The molecule has 14 rings (SSSR count). The lowest BCUT2D eigenvalue weighted by Gasteiger charge is -2.19. The van der Waals surface area contributed by atoms with Crippen LogP contribution in [0.2, 0.25) is 0 Å². The van der Waals surface area contributed by atoms with Crippen LogP contribution in [0.15, 0.2) is 104 Å². The molecule has 384 valence electrons. The molecule has 4 unspecified atom stereocenters. The van der Waals surface area contributed by atoms with Crippen molar-refractivity contribution in [2.45, 2.75) is 197 Å². The third-order valence-corrected chi connectivity index (χ3v) is 18.8. The van der Waals surface area contributed by atoms with E-state index in [1.54, 1.807) is 44.5 Å². The van der Waals surface area contributed by atoms with Crippen molar-refractivity contribution >= 4 is 21.5 Å². The van der Waals surface area contributed by atoms with Crippen LogP contribution in [-0.2, 0) is 25.7 Å². The Bertz CT molecular complexity index is 3080.